The summed E-state index contributed by atoms with van der Waals surface area (Å²) in [6.07, 6.45) is 21.5. The fraction of sp³-hybridized carbons (Fsp3) is 0.885. The van der Waals surface area contributed by atoms with Crippen molar-refractivity contribution in [2.24, 2.45) is 46.3 Å². The number of carbonyl (C=O) groups excluding carboxylic acids is 1. The molecule has 0 bridgehead atoms. The first-order valence-electron chi connectivity index (χ1n) is 11.9. The Bertz CT molecular complexity index is 614. The third-order valence-corrected chi connectivity index (χ3v) is 10.3. The van der Waals surface area contributed by atoms with Gasteiger partial charge in [-0.15, -0.1) is 6.42 Å². The average Bonchev–Trinajstić information content (AvgIpc) is 3.02. The van der Waals surface area contributed by atoms with Crippen LogP contribution in [0.25, 0.3) is 0 Å². The van der Waals surface area contributed by atoms with Crippen molar-refractivity contribution in [2.75, 3.05) is 0 Å². The van der Waals surface area contributed by atoms with Crippen molar-refractivity contribution in [1.82, 2.24) is 0 Å². The first-order valence-corrected chi connectivity index (χ1v) is 11.9. The number of hydrogen-bond donors (Lipinski definition) is 0. The third kappa shape index (κ3) is 3.10. The molecule has 4 aliphatic carbocycles. The lowest BCUT2D eigenvalue weighted by Gasteiger charge is -2.61. The number of ketones is 1. The van der Waals surface area contributed by atoms with Crippen LogP contribution in [0.4, 0.5) is 0 Å². The lowest BCUT2D eigenvalue weighted by Crippen LogP contribution is -2.53. The fourth-order valence-corrected chi connectivity index (χ4v) is 8.90. The molecule has 0 aromatic heterocycles. The molecule has 1 heteroatoms. The van der Waals surface area contributed by atoms with E-state index in [0.717, 1.165) is 36.0 Å². The van der Waals surface area contributed by atoms with Gasteiger partial charge in [0, 0.05) is 6.42 Å². The van der Waals surface area contributed by atoms with Crippen molar-refractivity contribution >= 4 is 5.78 Å². The molecule has 150 valence electrons. The maximum absolute atomic E-state index is 11.6. The van der Waals surface area contributed by atoms with Crippen LogP contribution in [0.3, 0.4) is 0 Å². The second-order valence-electron chi connectivity index (χ2n) is 11.2. The molecular weight excluding hydrogens is 328 g/mol. The molecule has 8 atom stereocenters. The van der Waals surface area contributed by atoms with Crippen molar-refractivity contribution in [2.45, 2.75) is 97.8 Å². The fourth-order valence-electron chi connectivity index (χ4n) is 8.90. The molecule has 0 radical (unpaired) electrons. The van der Waals surface area contributed by atoms with Gasteiger partial charge in [0.2, 0.25) is 5.78 Å². The largest absolute Gasteiger partial charge is 0.285 e. The molecule has 0 spiro atoms. The molecule has 0 aromatic carbocycles. The molecule has 4 rings (SSSR count). The molecule has 0 aromatic rings. The lowest BCUT2D eigenvalue weighted by atomic mass is 9.44. The van der Waals surface area contributed by atoms with Crippen molar-refractivity contribution in [3.05, 3.63) is 0 Å². The van der Waals surface area contributed by atoms with Crippen LogP contribution in [0, 0.1) is 58.7 Å². The Morgan fingerprint density at radius 3 is 2.56 bits per heavy atom. The van der Waals surface area contributed by atoms with Gasteiger partial charge in [-0.1, -0.05) is 33.6 Å². The number of hydrogen-bond acceptors (Lipinski definition) is 1. The standard InChI is InChI=1S/C26H40O/c1-5-20(27)11-9-18(2)22-13-14-23-21-12-10-19-8-6-7-16-25(19,3)24(21)15-17-26(22,23)4/h1,18-19,21-24H,6-17H2,2-4H3/t18-,19+,21+,22-,23+,24+,25+,26-/m1/s1. The highest BCUT2D eigenvalue weighted by Gasteiger charge is 2.60. The molecule has 27 heavy (non-hydrogen) atoms. The van der Waals surface area contributed by atoms with E-state index < -0.39 is 0 Å². The van der Waals surface area contributed by atoms with E-state index >= 15 is 0 Å². The average molecular weight is 369 g/mol. The summed E-state index contributed by atoms with van der Waals surface area (Å²) in [6.45, 7) is 7.70. The number of terminal acetylenes is 1. The summed E-state index contributed by atoms with van der Waals surface area (Å²) in [4.78, 5) is 11.6. The normalized spacial score (nSPS) is 47.3. The summed E-state index contributed by atoms with van der Waals surface area (Å²) in [5, 5.41) is 0. The van der Waals surface area contributed by atoms with E-state index in [1.807, 2.05) is 0 Å². The van der Waals surface area contributed by atoms with Crippen LogP contribution in [0.1, 0.15) is 97.8 Å². The van der Waals surface area contributed by atoms with Crippen LogP contribution < -0.4 is 0 Å². The van der Waals surface area contributed by atoms with Crippen LogP contribution in [0.5, 0.6) is 0 Å². The lowest BCUT2D eigenvalue weighted by molar-refractivity contribution is -0.117. The summed E-state index contributed by atoms with van der Waals surface area (Å²) in [6, 6.07) is 0. The molecule has 1 nitrogen and oxygen atoms in total. The quantitative estimate of drug-likeness (QED) is 0.401. The molecule has 0 unspecified atom stereocenters. The second kappa shape index (κ2) is 7.24. The Hall–Kier alpha value is -0.770. The minimum absolute atomic E-state index is 0.00574. The zero-order valence-corrected chi connectivity index (χ0v) is 17.9. The summed E-state index contributed by atoms with van der Waals surface area (Å²) in [5.74, 6) is 7.66. The zero-order valence-electron chi connectivity index (χ0n) is 17.9. The molecule has 0 amide bonds. The molecule has 0 N–H and O–H groups in total. The van der Waals surface area contributed by atoms with Gasteiger partial charge in [-0.2, -0.15) is 0 Å². The predicted octanol–water partition coefficient (Wildman–Crippen LogP) is 6.65. The summed E-state index contributed by atoms with van der Waals surface area (Å²) in [5.41, 5.74) is 1.16. The molecule has 4 saturated carbocycles. The first-order chi connectivity index (χ1) is 12.9. The van der Waals surface area contributed by atoms with E-state index in [4.69, 9.17) is 6.42 Å². The van der Waals surface area contributed by atoms with E-state index in [9.17, 15) is 4.79 Å². The molecule has 4 aliphatic rings. The molecular formula is C26H40O. The van der Waals surface area contributed by atoms with Crippen LogP contribution >= 0.6 is 0 Å². The second-order valence-corrected chi connectivity index (χ2v) is 11.2. The van der Waals surface area contributed by atoms with Gasteiger partial charge in [0.15, 0.2) is 0 Å². The van der Waals surface area contributed by atoms with E-state index in [1.165, 1.54) is 64.2 Å². The van der Waals surface area contributed by atoms with Gasteiger partial charge in [0.25, 0.3) is 0 Å². The number of Topliss-reactive ketones (excluding diaryl/α,β-unsaturated/α-hetero) is 1. The minimum atomic E-state index is -0.00574. The Morgan fingerprint density at radius 2 is 1.78 bits per heavy atom. The third-order valence-electron chi connectivity index (χ3n) is 10.3. The molecule has 0 saturated heterocycles. The van der Waals surface area contributed by atoms with Crippen molar-refractivity contribution in [3.63, 3.8) is 0 Å². The van der Waals surface area contributed by atoms with E-state index in [2.05, 4.69) is 26.7 Å². The van der Waals surface area contributed by atoms with Crippen LogP contribution in [0.2, 0.25) is 0 Å². The van der Waals surface area contributed by atoms with Gasteiger partial charge < -0.3 is 0 Å². The minimum Gasteiger partial charge on any atom is -0.285 e. The van der Waals surface area contributed by atoms with E-state index in [0.29, 0.717) is 23.2 Å². The van der Waals surface area contributed by atoms with Crippen LogP contribution in [-0.2, 0) is 4.79 Å². The zero-order chi connectivity index (χ0) is 19.2. The Kier molecular flexibility index (Phi) is 5.24. The molecule has 0 heterocycles. The van der Waals surface area contributed by atoms with E-state index in [-0.39, 0.29) is 5.78 Å². The Balaban J connectivity index is 1.50. The van der Waals surface area contributed by atoms with Gasteiger partial charge in [0.1, 0.15) is 0 Å². The SMILES string of the molecule is C#CC(=O)CC[C@@H](C)[C@H]1CC[C@H]2[C@@H]3CC[C@@H]4CCCC[C@]4(C)[C@H]3CC[C@]12C. The van der Waals surface area contributed by atoms with Gasteiger partial charge in [-0.05, 0) is 110 Å². The van der Waals surface area contributed by atoms with Crippen LogP contribution in [-0.4, -0.2) is 5.78 Å². The predicted molar refractivity (Wildman–Crippen MR) is 112 cm³/mol. The Labute approximate surface area is 167 Å². The summed E-state index contributed by atoms with van der Waals surface area (Å²) < 4.78 is 0. The summed E-state index contributed by atoms with van der Waals surface area (Å²) >= 11 is 0. The van der Waals surface area contributed by atoms with Crippen LogP contribution in [0.15, 0.2) is 0 Å². The highest BCUT2D eigenvalue weighted by molar-refractivity contribution is 5.94. The smallest absolute Gasteiger partial charge is 0.205 e. The van der Waals surface area contributed by atoms with E-state index in [1.54, 1.807) is 0 Å². The topological polar surface area (TPSA) is 17.1 Å². The van der Waals surface area contributed by atoms with Crippen molar-refractivity contribution in [1.29, 1.82) is 0 Å². The monoisotopic (exact) mass is 368 g/mol. The highest BCUT2D eigenvalue weighted by Crippen LogP contribution is 2.68. The number of carbonyl (C=O) groups is 1. The number of rotatable bonds is 4. The molecule has 0 aliphatic heterocycles. The van der Waals surface area contributed by atoms with Gasteiger partial charge in [-0.25, -0.2) is 0 Å². The maximum Gasteiger partial charge on any atom is 0.205 e. The van der Waals surface area contributed by atoms with Crippen molar-refractivity contribution < 1.29 is 4.79 Å². The summed E-state index contributed by atoms with van der Waals surface area (Å²) in [7, 11) is 0. The van der Waals surface area contributed by atoms with Gasteiger partial charge in [0.05, 0.1) is 0 Å². The Morgan fingerprint density at radius 1 is 1.00 bits per heavy atom. The highest BCUT2D eigenvalue weighted by atomic mass is 16.1. The first kappa shape index (κ1) is 19.5. The van der Waals surface area contributed by atoms with Gasteiger partial charge in [-0.3, -0.25) is 4.79 Å². The molecule has 4 fully saturated rings. The van der Waals surface area contributed by atoms with Gasteiger partial charge >= 0.3 is 0 Å². The number of fused-ring (bicyclic) bond motifs is 5. The van der Waals surface area contributed by atoms with Crippen molar-refractivity contribution in [3.8, 4) is 12.3 Å². The maximum atomic E-state index is 11.6.